The van der Waals surface area contributed by atoms with Crippen molar-refractivity contribution in [3.05, 3.63) is 58.2 Å². The summed E-state index contributed by atoms with van der Waals surface area (Å²) in [4.78, 5) is 49.5. The summed E-state index contributed by atoms with van der Waals surface area (Å²) >= 11 is 0. The molecule has 0 saturated carbocycles. The van der Waals surface area contributed by atoms with Crippen LogP contribution < -0.4 is 0 Å². The van der Waals surface area contributed by atoms with Crippen LogP contribution in [0.5, 0.6) is 0 Å². The van der Waals surface area contributed by atoms with Crippen LogP contribution >= 0.6 is 0 Å². The van der Waals surface area contributed by atoms with Gasteiger partial charge in [0.15, 0.2) is 0 Å². The van der Waals surface area contributed by atoms with Gasteiger partial charge in [-0.05, 0) is 44.0 Å². The number of aromatic nitrogens is 2. The molecule has 2 aliphatic heterocycles. The van der Waals surface area contributed by atoms with Crippen LogP contribution in [0.25, 0.3) is 5.76 Å². The summed E-state index contributed by atoms with van der Waals surface area (Å²) in [6.45, 7) is 8.92. The maximum Gasteiger partial charge on any atom is 0.355 e. The van der Waals surface area contributed by atoms with E-state index in [1.165, 1.54) is 4.90 Å². The number of aryl methyl sites for hydroxylation is 1. The van der Waals surface area contributed by atoms with Gasteiger partial charge < -0.3 is 24.5 Å². The summed E-state index contributed by atoms with van der Waals surface area (Å²) in [5.74, 6) is -2.30. The maximum absolute atomic E-state index is 13.3. The van der Waals surface area contributed by atoms with Gasteiger partial charge in [-0.25, -0.2) is 4.79 Å². The maximum atomic E-state index is 13.3. The number of H-pyrrole nitrogens is 1. The van der Waals surface area contributed by atoms with Crippen LogP contribution in [-0.4, -0.2) is 88.5 Å². The van der Waals surface area contributed by atoms with Gasteiger partial charge >= 0.3 is 5.97 Å². The highest BCUT2D eigenvalue weighted by molar-refractivity contribution is 6.46. The summed E-state index contributed by atoms with van der Waals surface area (Å²) in [5.41, 5.74) is 2.12. The molecule has 2 aromatic heterocycles. The molecule has 1 amide bonds. The Hall–Kier alpha value is -3.50. The molecular formula is C25H30N4O6. The summed E-state index contributed by atoms with van der Waals surface area (Å²) in [6.07, 6.45) is 3.17. The van der Waals surface area contributed by atoms with E-state index in [0.29, 0.717) is 48.7 Å². The molecule has 4 heterocycles. The number of Topliss-reactive ketones (excluding diaryl/α,β-unsaturated/α-hetero) is 1. The smallest absolute Gasteiger partial charge is 0.355 e. The van der Waals surface area contributed by atoms with Gasteiger partial charge in [-0.3, -0.25) is 19.5 Å². The summed E-state index contributed by atoms with van der Waals surface area (Å²) in [6, 6.07) is 2.68. The molecule has 2 fully saturated rings. The molecule has 0 unspecified atom stereocenters. The average Bonchev–Trinajstić information content (AvgIpc) is 3.30. The number of ether oxygens (including phenoxy) is 2. The van der Waals surface area contributed by atoms with E-state index in [1.54, 1.807) is 45.3 Å². The number of aromatic amines is 1. The Morgan fingerprint density at radius 1 is 1.20 bits per heavy atom. The number of nitrogens with one attached hydrogen (secondary N) is 1. The number of aliphatic hydroxyl groups is 1. The Morgan fingerprint density at radius 2 is 1.89 bits per heavy atom. The van der Waals surface area contributed by atoms with Crippen molar-refractivity contribution in [2.24, 2.45) is 0 Å². The number of nitrogens with zero attached hydrogens (tertiary/aromatic N) is 3. The highest BCUT2D eigenvalue weighted by atomic mass is 16.5. The molecular weight excluding hydrogens is 452 g/mol. The number of hydrogen-bond donors (Lipinski definition) is 2. The molecule has 2 saturated heterocycles. The van der Waals surface area contributed by atoms with Crippen LogP contribution in [0.4, 0.5) is 0 Å². The molecule has 2 aliphatic rings. The van der Waals surface area contributed by atoms with E-state index in [0.717, 1.165) is 13.1 Å². The summed E-state index contributed by atoms with van der Waals surface area (Å²) < 4.78 is 10.5. The number of amides is 1. The first-order valence-electron chi connectivity index (χ1n) is 11.7. The first kappa shape index (κ1) is 24.6. The van der Waals surface area contributed by atoms with Crippen molar-refractivity contribution in [1.29, 1.82) is 0 Å². The third kappa shape index (κ3) is 4.71. The van der Waals surface area contributed by atoms with Crippen molar-refractivity contribution in [3.63, 3.8) is 0 Å². The Balaban J connectivity index is 1.77. The molecule has 4 rings (SSSR count). The van der Waals surface area contributed by atoms with Crippen molar-refractivity contribution in [2.45, 2.75) is 26.8 Å². The number of pyridine rings is 1. The van der Waals surface area contributed by atoms with E-state index >= 15 is 0 Å². The summed E-state index contributed by atoms with van der Waals surface area (Å²) in [5, 5.41) is 11.4. The van der Waals surface area contributed by atoms with E-state index in [-0.39, 0.29) is 23.6 Å². The van der Waals surface area contributed by atoms with E-state index in [9.17, 15) is 19.5 Å². The molecule has 0 aromatic carbocycles. The van der Waals surface area contributed by atoms with Crippen LogP contribution in [0.1, 0.15) is 45.8 Å². The Bertz CT molecular complexity index is 1150. The van der Waals surface area contributed by atoms with Crippen LogP contribution in [0.2, 0.25) is 0 Å². The van der Waals surface area contributed by atoms with Crippen molar-refractivity contribution >= 4 is 23.4 Å². The standard InChI is InChI=1S/C25H30N4O6/c1-4-35-25(33)20-15(2)18(16(3)27-20)22(30)19-21(17-5-7-26-8-6-17)29(24(32)23(19)31)10-9-28-11-13-34-14-12-28/h5-8,21,27,30H,4,9-14H2,1-3H3/t21-/m0/s1. The minimum atomic E-state index is -0.779. The summed E-state index contributed by atoms with van der Waals surface area (Å²) in [7, 11) is 0. The van der Waals surface area contributed by atoms with Gasteiger partial charge in [0, 0.05) is 49.8 Å². The van der Waals surface area contributed by atoms with E-state index in [4.69, 9.17) is 9.47 Å². The second kappa shape index (κ2) is 10.4. The van der Waals surface area contributed by atoms with Gasteiger partial charge in [-0.15, -0.1) is 0 Å². The molecule has 0 bridgehead atoms. The van der Waals surface area contributed by atoms with Crippen molar-refractivity contribution < 1.29 is 29.0 Å². The van der Waals surface area contributed by atoms with Gasteiger partial charge in [-0.1, -0.05) is 0 Å². The number of likely N-dealkylation sites (tertiary alicyclic amines) is 1. The molecule has 35 heavy (non-hydrogen) atoms. The lowest BCUT2D eigenvalue weighted by atomic mass is 9.94. The van der Waals surface area contributed by atoms with Gasteiger partial charge in [0.05, 0.1) is 31.4 Å². The van der Waals surface area contributed by atoms with Gasteiger partial charge in [-0.2, -0.15) is 0 Å². The second-order valence-electron chi connectivity index (χ2n) is 8.57. The number of carbonyl (C=O) groups is 3. The molecule has 10 nitrogen and oxygen atoms in total. The largest absolute Gasteiger partial charge is 0.507 e. The van der Waals surface area contributed by atoms with Crippen molar-refractivity contribution in [3.8, 4) is 0 Å². The van der Waals surface area contributed by atoms with E-state index in [1.807, 2.05) is 0 Å². The predicted octanol–water partition coefficient (Wildman–Crippen LogP) is 1.96. The zero-order valence-electron chi connectivity index (χ0n) is 20.2. The van der Waals surface area contributed by atoms with Crippen LogP contribution in [0.15, 0.2) is 30.1 Å². The molecule has 0 spiro atoms. The number of aliphatic hydroxyl groups excluding tert-OH is 1. The third-order valence-corrected chi connectivity index (χ3v) is 6.48. The molecule has 0 aliphatic carbocycles. The lowest BCUT2D eigenvalue weighted by Crippen LogP contribution is -2.42. The fourth-order valence-electron chi connectivity index (χ4n) is 4.72. The highest BCUT2D eigenvalue weighted by Crippen LogP contribution is 2.40. The van der Waals surface area contributed by atoms with Gasteiger partial charge in [0.2, 0.25) is 0 Å². The van der Waals surface area contributed by atoms with Crippen molar-refractivity contribution in [2.75, 3.05) is 46.0 Å². The topological polar surface area (TPSA) is 125 Å². The van der Waals surface area contributed by atoms with Crippen LogP contribution in [0.3, 0.4) is 0 Å². The quantitative estimate of drug-likeness (QED) is 0.266. The number of carbonyl (C=O) groups excluding carboxylic acids is 3. The lowest BCUT2D eigenvalue weighted by Gasteiger charge is -2.31. The normalized spacial score (nSPS) is 20.4. The monoisotopic (exact) mass is 482 g/mol. The Kier molecular flexibility index (Phi) is 7.32. The zero-order chi connectivity index (χ0) is 25.1. The Labute approximate surface area is 203 Å². The van der Waals surface area contributed by atoms with Gasteiger partial charge in [0.25, 0.3) is 11.7 Å². The Morgan fingerprint density at radius 3 is 2.54 bits per heavy atom. The van der Waals surface area contributed by atoms with Gasteiger partial charge in [0.1, 0.15) is 11.5 Å². The number of esters is 1. The molecule has 186 valence electrons. The zero-order valence-corrected chi connectivity index (χ0v) is 20.2. The molecule has 1 atom stereocenters. The minimum absolute atomic E-state index is 0.0104. The fraction of sp³-hybridized carbons (Fsp3) is 0.440. The SMILES string of the molecule is CCOC(=O)c1[nH]c(C)c(C(O)=C2C(=O)C(=O)N(CCN3CCOCC3)[C@H]2c2ccncc2)c1C. The molecule has 10 heteroatoms. The average molecular weight is 483 g/mol. The first-order chi connectivity index (χ1) is 16.8. The fourth-order valence-corrected chi connectivity index (χ4v) is 4.72. The molecule has 2 N–H and O–H groups in total. The van der Waals surface area contributed by atoms with Crippen molar-refractivity contribution in [1.82, 2.24) is 19.8 Å². The van der Waals surface area contributed by atoms with Crippen LogP contribution in [-0.2, 0) is 19.1 Å². The number of hydrogen-bond acceptors (Lipinski definition) is 8. The molecule has 2 aromatic rings. The van der Waals surface area contributed by atoms with E-state index < -0.39 is 23.7 Å². The molecule has 0 radical (unpaired) electrons. The second-order valence-corrected chi connectivity index (χ2v) is 8.57. The minimum Gasteiger partial charge on any atom is -0.507 e. The predicted molar refractivity (Wildman–Crippen MR) is 127 cm³/mol. The van der Waals surface area contributed by atoms with E-state index in [2.05, 4.69) is 14.9 Å². The number of ketones is 1. The number of rotatable bonds is 7. The number of morpholine rings is 1. The lowest BCUT2D eigenvalue weighted by molar-refractivity contribution is -0.140. The van der Waals surface area contributed by atoms with Crippen LogP contribution in [0, 0.1) is 13.8 Å². The third-order valence-electron chi connectivity index (χ3n) is 6.48. The first-order valence-corrected chi connectivity index (χ1v) is 11.7. The highest BCUT2D eigenvalue weighted by Gasteiger charge is 2.46.